The molecule has 1 aromatic rings. The van der Waals surface area contributed by atoms with Crippen LogP contribution in [-0.4, -0.2) is 30.2 Å². The molecule has 90 valence electrons. The van der Waals surface area contributed by atoms with E-state index >= 15 is 0 Å². The number of ketones is 1. The van der Waals surface area contributed by atoms with E-state index in [9.17, 15) is 4.79 Å². The van der Waals surface area contributed by atoms with Crippen molar-refractivity contribution in [2.24, 2.45) is 5.92 Å². The SMILES string of the molecule is CCC(C)CN(C)c1nc(C(=O)CCl)cs1. The van der Waals surface area contributed by atoms with Crippen molar-refractivity contribution in [3.05, 3.63) is 11.1 Å². The van der Waals surface area contributed by atoms with Crippen molar-refractivity contribution in [1.29, 1.82) is 0 Å². The molecular formula is C11H17ClN2OS. The van der Waals surface area contributed by atoms with Crippen molar-refractivity contribution in [2.45, 2.75) is 20.3 Å². The van der Waals surface area contributed by atoms with E-state index in [4.69, 9.17) is 11.6 Å². The van der Waals surface area contributed by atoms with Gasteiger partial charge in [0.05, 0.1) is 5.88 Å². The van der Waals surface area contributed by atoms with Gasteiger partial charge in [-0.3, -0.25) is 4.79 Å². The predicted octanol–water partition coefficient (Wildman–Crippen LogP) is 3.05. The maximum absolute atomic E-state index is 11.3. The maximum atomic E-state index is 11.3. The number of hydrogen-bond donors (Lipinski definition) is 0. The van der Waals surface area contributed by atoms with Gasteiger partial charge in [-0.1, -0.05) is 20.3 Å². The third-order valence-corrected chi connectivity index (χ3v) is 3.71. The molecule has 16 heavy (non-hydrogen) atoms. The van der Waals surface area contributed by atoms with E-state index in [1.807, 2.05) is 7.05 Å². The number of thiazole rings is 1. The second-order valence-electron chi connectivity index (χ2n) is 3.97. The van der Waals surface area contributed by atoms with Crippen LogP contribution in [0.5, 0.6) is 0 Å². The Morgan fingerprint density at radius 2 is 2.38 bits per heavy atom. The van der Waals surface area contributed by atoms with Gasteiger partial charge in [-0.25, -0.2) is 4.98 Å². The first-order valence-electron chi connectivity index (χ1n) is 5.34. The normalized spacial score (nSPS) is 12.5. The molecule has 0 saturated carbocycles. The zero-order chi connectivity index (χ0) is 12.1. The van der Waals surface area contributed by atoms with Crippen LogP contribution >= 0.6 is 22.9 Å². The van der Waals surface area contributed by atoms with Gasteiger partial charge in [0.25, 0.3) is 0 Å². The van der Waals surface area contributed by atoms with Crippen LogP contribution in [0.3, 0.4) is 0 Å². The molecule has 0 aromatic carbocycles. The Balaban J connectivity index is 2.66. The van der Waals surface area contributed by atoms with E-state index in [1.54, 1.807) is 5.38 Å². The summed E-state index contributed by atoms with van der Waals surface area (Å²) in [6, 6.07) is 0. The average molecular weight is 261 g/mol. The van der Waals surface area contributed by atoms with Crippen LogP contribution in [0.1, 0.15) is 30.8 Å². The van der Waals surface area contributed by atoms with Crippen LogP contribution in [0.4, 0.5) is 5.13 Å². The molecule has 0 aliphatic heterocycles. The number of carbonyl (C=O) groups excluding carboxylic acids is 1. The number of nitrogens with zero attached hydrogens (tertiary/aromatic N) is 2. The van der Waals surface area contributed by atoms with Gasteiger partial charge in [0.1, 0.15) is 5.69 Å². The molecule has 0 fully saturated rings. The summed E-state index contributed by atoms with van der Waals surface area (Å²) in [7, 11) is 2.00. The van der Waals surface area contributed by atoms with Gasteiger partial charge in [0.2, 0.25) is 0 Å². The molecule has 0 N–H and O–H groups in total. The lowest BCUT2D eigenvalue weighted by Gasteiger charge is -2.19. The lowest BCUT2D eigenvalue weighted by molar-refractivity contribution is 0.101. The summed E-state index contributed by atoms with van der Waals surface area (Å²) in [5, 5.41) is 2.65. The molecule has 0 aliphatic rings. The molecule has 1 aromatic heterocycles. The fourth-order valence-corrected chi connectivity index (χ4v) is 2.25. The highest BCUT2D eigenvalue weighted by atomic mass is 35.5. The third kappa shape index (κ3) is 3.46. The van der Waals surface area contributed by atoms with Crippen molar-refractivity contribution in [3.63, 3.8) is 0 Å². The summed E-state index contributed by atoms with van der Waals surface area (Å²) < 4.78 is 0. The maximum Gasteiger partial charge on any atom is 0.196 e. The van der Waals surface area contributed by atoms with Crippen LogP contribution in [-0.2, 0) is 0 Å². The van der Waals surface area contributed by atoms with Gasteiger partial charge in [-0.05, 0) is 5.92 Å². The Morgan fingerprint density at radius 1 is 1.69 bits per heavy atom. The lowest BCUT2D eigenvalue weighted by atomic mass is 10.1. The summed E-state index contributed by atoms with van der Waals surface area (Å²) in [5.74, 6) is 0.514. The van der Waals surface area contributed by atoms with Crippen LogP contribution < -0.4 is 4.90 Å². The molecular weight excluding hydrogens is 244 g/mol. The zero-order valence-electron chi connectivity index (χ0n) is 9.86. The van der Waals surface area contributed by atoms with Gasteiger partial charge in [0.15, 0.2) is 10.9 Å². The number of hydrogen-bond acceptors (Lipinski definition) is 4. The third-order valence-electron chi connectivity index (χ3n) is 2.51. The number of halogens is 1. The molecule has 0 saturated heterocycles. The molecule has 5 heteroatoms. The molecule has 0 amide bonds. The smallest absolute Gasteiger partial charge is 0.196 e. The molecule has 0 spiro atoms. The minimum Gasteiger partial charge on any atom is -0.351 e. The summed E-state index contributed by atoms with van der Waals surface area (Å²) in [6.07, 6.45) is 1.14. The fraction of sp³-hybridized carbons (Fsp3) is 0.636. The first kappa shape index (κ1) is 13.5. The number of aromatic nitrogens is 1. The monoisotopic (exact) mass is 260 g/mol. The molecule has 1 atom stereocenters. The van der Waals surface area contributed by atoms with E-state index < -0.39 is 0 Å². The number of alkyl halides is 1. The fourth-order valence-electron chi connectivity index (χ4n) is 1.31. The van der Waals surface area contributed by atoms with Gasteiger partial charge in [0, 0.05) is 19.0 Å². The molecule has 1 rings (SSSR count). The van der Waals surface area contributed by atoms with Crippen LogP contribution in [0, 0.1) is 5.92 Å². The molecule has 3 nitrogen and oxygen atoms in total. The minimum absolute atomic E-state index is 0.00174. The molecule has 1 unspecified atom stereocenters. The first-order valence-corrected chi connectivity index (χ1v) is 6.75. The number of rotatable bonds is 6. The molecule has 0 radical (unpaired) electrons. The summed E-state index contributed by atoms with van der Waals surface area (Å²) in [5.41, 5.74) is 0.478. The minimum atomic E-state index is -0.110. The quantitative estimate of drug-likeness (QED) is 0.582. The molecule has 0 aliphatic carbocycles. The van der Waals surface area contributed by atoms with Gasteiger partial charge >= 0.3 is 0 Å². The summed E-state index contributed by atoms with van der Waals surface area (Å²) in [6.45, 7) is 5.33. The van der Waals surface area contributed by atoms with Crippen molar-refractivity contribution in [3.8, 4) is 0 Å². The highest BCUT2D eigenvalue weighted by molar-refractivity contribution is 7.13. The van der Waals surface area contributed by atoms with E-state index in [1.165, 1.54) is 11.3 Å². The largest absolute Gasteiger partial charge is 0.351 e. The highest BCUT2D eigenvalue weighted by Gasteiger charge is 2.13. The van der Waals surface area contributed by atoms with Gasteiger partial charge in [-0.15, -0.1) is 22.9 Å². The van der Waals surface area contributed by atoms with E-state index in [0.717, 1.165) is 18.1 Å². The van der Waals surface area contributed by atoms with Crippen molar-refractivity contribution in [2.75, 3.05) is 24.4 Å². The molecule has 1 heterocycles. The Hall–Kier alpha value is -0.610. The second-order valence-corrected chi connectivity index (χ2v) is 5.07. The number of anilines is 1. The topological polar surface area (TPSA) is 33.2 Å². The van der Waals surface area contributed by atoms with Crippen molar-refractivity contribution < 1.29 is 4.79 Å². The van der Waals surface area contributed by atoms with Crippen LogP contribution in [0.25, 0.3) is 0 Å². The van der Waals surface area contributed by atoms with E-state index in [-0.39, 0.29) is 11.7 Å². The summed E-state index contributed by atoms with van der Waals surface area (Å²) >= 11 is 6.97. The van der Waals surface area contributed by atoms with Gasteiger partial charge in [-0.2, -0.15) is 0 Å². The standard InChI is InChI=1S/C11H17ClN2OS/c1-4-8(2)6-14(3)11-13-9(7-16-11)10(15)5-12/h7-8H,4-6H2,1-3H3. The van der Waals surface area contributed by atoms with E-state index in [0.29, 0.717) is 11.6 Å². The number of Topliss-reactive ketones (excluding diaryl/α,β-unsaturated/α-hetero) is 1. The van der Waals surface area contributed by atoms with Crippen LogP contribution in [0.15, 0.2) is 5.38 Å². The Labute approximate surface area is 105 Å². The van der Waals surface area contributed by atoms with Crippen molar-refractivity contribution >= 4 is 33.9 Å². The highest BCUT2D eigenvalue weighted by Crippen LogP contribution is 2.21. The molecule has 0 bridgehead atoms. The Kier molecular flexibility index (Phi) is 5.22. The number of carbonyl (C=O) groups is 1. The van der Waals surface area contributed by atoms with Gasteiger partial charge < -0.3 is 4.90 Å². The second kappa shape index (κ2) is 6.21. The Bertz CT molecular complexity index is 354. The first-order chi connectivity index (χ1) is 7.58. The van der Waals surface area contributed by atoms with Crippen LogP contribution in [0.2, 0.25) is 0 Å². The predicted molar refractivity (Wildman–Crippen MR) is 69.9 cm³/mol. The van der Waals surface area contributed by atoms with Crippen molar-refractivity contribution in [1.82, 2.24) is 4.98 Å². The lowest BCUT2D eigenvalue weighted by Crippen LogP contribution is -2.23. The summed E-state index contributed by atoms with van der Waals surface area (Å²) in [4.78, 5) is 17.7. The Morgan fingerprint density at radius 3 is 2.94 bits per heavy atom. The average Bonchev–Trinajstić information content (AvgIpc) is 2.77. The van der Waals surface area contributed by atoms with E-state index in [2.05, 4.69) is 23.7 Å². The zero-order valence-corrected chi connectivity index (χ0v) is 11.4.